The third kappa shape index (κ3) is 6.49. The van der Waals surface area contributed by atoms with Crippen LogP contribution in [0.5, 0.6) is 11.5 Å². The van der Waals surface area contributed by atoms with E-state index in [1.807, 2.05) is 18.3 Å². The van der Waals surface area contributed by atoms with Crippen molar-refractivity contribution < 1.29 is 9.47 Å². The molecule has 0 aliphatic rings. The van der Waals surface area contributed by atoms with E-state index in [4.69, 9.17) is 9.47 Å². The molecule has 0 radical (unpaired) electrons. The maximum Gasteiger partial charge on any atom is 0.190 e. The Morgan fingerprint density at radius 2 is 1.93 bits per heavy atom. The average Bonchev–Trinajstić information content (AvgIpc) is 3.34. The molecule has 9 heteroatoms. The number of benzene rings is 1. The van der Waals surface area contributed by atoms with Crippen molar-refractivity contribution in [2.45, 2.75) is 26.2 Å². The van der Waals surface area contributed by atoms with Crippen molar-refractivity contribution in [1.29, 1.82) is 0 Å². The molecule has 0 unspecified atom stereocenters. The predicted molar refractivity (Wildman–Crippen MR) is 135 cm³/mol. The van der Waals surface area contributed by atoms with E-state index in [-0.39, 0.29) is 24.0 Å². The molecule has 0 spiro atoms. The summed E-state index contributed by atoms with van der Waals surface area (Å²) in [5.41, 5.74) is 2.20. The van der Waals surface area contributed by atoms with Gasteiger partial charge in [-0.25, -0.2) is 4.98 Å². The molecule has 0 bridgehead atoms. The fraction of sp³-hybridized carbons (Fsp3) is 0.429. The molecule has 7 nitrogen and oxygen atoms in total. The molecule has 30 heavy (non-hydrogen) atoms. The summed E-state index contributed by atoms with van der Waals surface area (Å²) in [6, 6.07) is 6.05. The van der Waals surface area contributed by atoms with E-state index in [2.05, 4.69) is 38.6 Å². The largest absolute Gasteiger partial charge is 0.497 e. The standard InChI is InChI=1S/C21H29N5O2S.HI/c1-14-13-25-20(29-14)7-9-24-21(22-2)23-8-5-6-15-10-17-18(26-15)11-16(27-3)12-19(17)28-4;/h10-13,26H,5-9H2,1-4H3,(H2,22,23,24);1H. The summed E-state index contributed by atoms with van der Waals surface area (Å²) in [6.07, 6.45) is 4.74. The van der Waals surface area contributed by atoms with Gasteiger partial charge < -0.3 is 25.1 Å². The molecular formula is C21H30IN5O2S. The summed E-state index contributed by atoms with van der Waals surface area (Å²) in [5, 5.41) is 8.94. The van der Waals surface area contributed by atoms with Crippen molar-refractivity contribution in [2.24, 2.45) is 4.99 Å². The number of methoxy groups -OCH3 is 2. The molecule has 3 rings (SSSR count). The van der Waals surface area contributed by atoms with Crippen molar-refractivity contribution in [3.63, 3.8) is 0 Å². The third-order valence-corrected chi connectivity index (χ3v) is 5.60. The second-order valence-corrected chi connectivity index (χ2v) is 8.05. The summed E-state index contributed by atoms with van der Waals surface area (Å²) in [4.78, 5) is 13.4. The number of hydrogen-bond acceptors (Lipinski definition) is 5. The van der Waals surface area contributed by atoms with Crippen molar-refractivity contribution in [3.8, 4) is 11.5 Å². The minimum atomic E-state index is 0. The molecule has 0 atom stereocenters. The third-order valence-electron chi connectivity index (χ3n) is 4.62. The van der Waals surface area contributed by atoms with E-state index in [1.165, 1.54) is 10.6 Å². The maximum atomic E-state index is 5.49. The lowest BCUT2D eigenvalue weighted by molar-refractivity contribution is 0.398. The Morgan fingerprint density at radius 3 is 2.60 bits per heavy atom. The number of nitrogens with zero attached hydrogens (tertiary/aromatic N) is 2. The normalized spacial score (nSPS) is 11.3. The van der Waals surface area contributed by atoms with Gasteiger partial charge in [0, 0.05) is 60.8 Å². The van der Waals surface area contributed by atoms with E-state index in [0.717, 1.165) is 65.7 Å². The first kappa shape index (κ1) is 24.3. The highest BCUT2D eigenvalue weighted by molar-refractivity contribution is 14.0. The van der Waals surface area contributed by atoms with Crippen LogP contribution >= 0.6 is 35.3 Å². The lowest BCUT2D eigenvalue weighted by atomic mass is 10.2. The molecule has 3 N–H and O–H groups in total. The number of nitrogens with one attached hydrogen (secondary N) is 3. The van der Waals surface area contributed by atoms with Gasteiger partial charge in [-0.05, 0) is 25.8 Å². The zero-order valence-electron chi connectivity index (χ0n) is 17.9. The molecule has 0 saturated carbocycles. The lowest BCUT2D eigenvalue weighted by Gasteiger charge is -2.11. The fourth-order valence-electron chi connectivity index (χ4n) is 3.17. The molecule has 2 heterocycles. The van der Waals surface area contributed by atoms with Crippen molar-refractivity contribution in [1.82, 2.24) is 20.6 Å². The Kier molecular flexibility index (Phi) is 9.70. The second-order valence-electron chi connectivity index (χ2n) is 6.73. The molecule has 3 aromatic rings. The Bertz CT molecular complexity index is 970. The first-order valence-corrected chi connectivity index (χ1v) is 10.5. The highest BCUT2D eigenvalue weighted by Gasteiger charge is 2.09. The minimum Gasteiger partial charge on any atom is -0.497 e. The molecule has 0 aliphatic heterocycles. The van der Waals surface area contributed by atoms with E-state index >= 15 is 0 Å². The SMILES string of the molecule is CN=C(NCCCc1cc2c(OC)cc(OC)cc2[nH]1)NCCc1ncc(C)s1.I. The van der Waals surface area contributed by atoms with Crippen LogP contribution in [0.4, 0.5) is 0 Å². The monoisotopic (exact) mass is 543 g/mol. The first-order valence-electron chi connectivity index (χ1n) is 9.72. The predicted octanol–water partition coefficient (Wildman–Crippen LogP) is 3.91. The van der Waals surface area contributed by atoms with Crippen LogP contribution in [0.2, 0.25) is 0 Å². The van der Waals surface area contributed by atoms with Gasteiger partial charge in [0.15, 0.2) is 5.96 Å². The van der Waals surface area contributed by atoms with Gasteiger partial charge >= 0.3 is 0 Å². The van der Waals surface area contributed by atoms with Crippen molar-refractivity contribution >= 4 is 52.2 Å². The number of aromatic amines is 1. The number of hydrogen-bond donors (Lipinski definition) is 3. The summed E-state index contributed by atoms with van der Waals surface area (Å²) >= 11 is 1.74. The van der Waals surface area contributed by atoms with Crippen molar-refractivity contribution in [3.05, 3.63) is 40.0 Å². The van der Waals surface area contributed by atoms with Gasteiger partial charge in [-0.15, -0.1) is 35.3 Å². The van der Waals surface area contributed by atoms with Crippen LogP contribution in [0.15, 0.2) is 29.4 Å². The number of aliphatic imine (C=N–C) groups is 1. The van der Waals surface area contributed by atoms with Gasteiger partial charge in [-0.2, -0.15) is 0 Å². The van der Waals surface area contributed by atoms with Crippen LogP contribution in [-0.2, 0) is 12.8 Å². The zero-order valence-corrected chi connectivity index (χ0v) is 21.0. The topological polar surface area (TPSA) is 83.6 Å². The highest BCUT2D eigenvalue weighted by atomic mass is 127. The summed E-state index contributed by atoms with van der Waals surface area (Å²) in [5.74, 6) is 2.42. The Balaban J connectivity index is 0.00000320. The van der Waals surface area contributed by atoms with Crippen LogP contribution in [0.1, 0.15) is 22.0 Å². The number of H-pyrrole nitrogens is 1. The van der Waals surface area contributed by atoms with Gasteiger partial charge in [0.2, 0.25) is 0 Å². The van der Waals surface area contributed by atoms with Crippen LogP contribution in [0, 0.1) is 6.92 Å². The second kappa shape index (κ2) is 12.0. The Labute approximate surface area is 198 Å². The minimum absolute atomic E-state index is 0. The number of ether oxygens (including phenoxy) is 2. The highest BCUT2D eigenvalue weighted by Crippen LogP contribution is 2.31. The lowest BCUT2D eigenvalue weighted by Crippen LogP contribution is -2.38. The van der Waals surface area contributed by atoms with Gasteiger partial charge in [0.25, 0.3) is 0 Å². The number of halogens is 1. The maximum absolute atomic E-state index is 5.49. The van der Waals surface area contributed by atoms with Crippen LogP contribution < -0.4 is 20.1 Å². The summed E-state index contributed by atoms with van der Waals surface area (Å²) in [7, 11) is 5.13. The molecular weight excluding hydrogens is 513 g/mol. The van der Waals surface area contributed by atoms with Gasteiger partial charge in [-0.3, -0.25) is 4.99 Å². The fourth-order valence-corrected chi connectivity index (χ4v) is 3.96. The van der Waals surface area contributed by atoms with E-state index in [9.17, 15) is 0 Å². The number of guanidine groups is 1. The number of aromatic nitrogens is 2. The van der Waals surface area contributed by atoms with Crippen LogP contribution in [0.3, 0.4) is 0 Å². The zero-order chi connectivity index (χ0) is 20.6. The number of fused-ring (bicyclic) bond motifs is 1. The van der Waals surface area contributed by atoms with Crippen molar-refractivity contribution in [2.75, 3.05) is 34.4 Å². The molecule has 1 aromatic carbocycles. The molecule has 0 saturated heterocycles. The smallest absolute Gasteiger partial charge is 0.190 e. The van der Waals surface area contributed by atoms with Crippen LogP contribution in [0.25, 0.3) is 10.9 Å². The van der Waals surface area contributed by atoms with E-state index in [0.29, 0.717) is 0 Å². The molecule has 0 amide bonds. The number of rotatable bonds is 9. The molecule has 0 aliphatic carbocycles. The summed E-state index contributed by atoms with van der Waals surface area (Å²) in [6.45, 7) is 3.73. The average molecular weight is 543 g/mol. The quantitative estimate of drug-likeness (QED) is 0.165. The number of thiazole rings is 1. The molecule has 2 aromatic heterocycles. The van der Waals surface area contributed by atoms with E-state index < -0.39 is 0 Å². The number of aryl methyl sites for hydroxylation is 2. The van der Waals surface area contributed by atoms with Gasteiger partial charge in [-0.1, -0.05) is 0 Å². The van der Waals surface area contributed by atoms with Crippen LogP contribution in [-0.4, -0.2) is 50.3 Å². The van der Waals surface area contributed by atoms with E-state index in [1.54, 1.807) is 32.6 Å². The molecule has 164 valence electrons. The Hall–Kier alpha value is -2.01. The molecule has 0 fully saturated rings. The first-order chi connectivity index (χ1) is 14.1. The van der Waals surface area contributed by atoms with Gasteiger partial charge in [0.1, 0.15) is 11.5 Å². The Morgan fingerprint density at radius 1 is 1.13 bits per heavy atom. The summed E-state index contributed by atoms with van der Waals surface area (Å²) < 4.78 is 10.8. The van der Waals surface area contributed by atoms with Gasteiger partial charge in [0.05, 0.1) is 24.7 Å².